The van der Waals surface area contributed by atoms with Gasteiger partial charge in [0.05, 0.1) is 5.92 Å². The molecule has 0 aromatic carbocycles. The average molecular weight is 380 g/mol. The lowest BCUT2D eigenvalue weighted by Gasteiger charge is -2.39. The third-order valence-corrected chi connectivity index (χ3v) is 5.70. The van der Waals surface area contributed by atoms with Gasteiger partial charge in [-0.3, -0.25) is 14.7 Å². The first-order valence-electron chi connectivity index (χ1n) is 10.2. The molecule has 2 aromatic heterocycles. The smallest absolute Gasteiger partial charge is 0.227 e. The standard InChI is InChI=1S/C21H28N6O/c28-20(18-5-3-11-27(17-18)21-23-9-4-10-24-21)26-15-13-25(14-16-26)12-7-19-6-1-2-8-22-19/h1-2,4,6,8-10,18H,3,5,7,11-17H2/t18-/m1/s1. The third-order valence-electron chi connectivity index (χ3n) is 5.70. The van der Waals surface area contributed by atoms with Crippen molar-refractivity contribution in [2.24, 2.45) is 5.92 Å². The fourth-order valence-electron chi connectivity index (χ4n) is 4.08. The van der Waals surface area contributed by atoms with Crippen molar-refractivity contribution in [3.8, 4) is 0 Å². The Morgan fingerprint density at radius 1 is 0.964 bits per heavy atom. The number of pyridine rings is 1. The Morgan fingerprint density at radius 2 is 1.75 bits per heavy atom. The molecule has 7 nitrogen and oxygen atoms in total. The van der Waals surface area contributed by atoms with Crippen LogP contribution in [0.3, 0.4) is 0 Å². The van der Waals surface area contributed by atoms with E-state index in [1.807, 2.05) is 24.4 Å². The van der Waals surface area contributed by atoms with Crippen LogP contribution >= 0.6 is 0 Å². The second kappa shape index (κ2) is 9.10. The normalized spacial score (nSPS) is 20.9. The summed E-state index contributed by atoms with van der Waals surface area (Å²) in [5, 5.41) is 0. The molecule has 2 aliphatic heterocycles. The van der Waals surface area contributed by atoms with Crippen molar-refractivity contribution in [3.63, 3.8) is 0 Å². The number of rotatable bonds is 5. The van der Waals surface area contributed by atoms with E-state index in [1.54, 1.807) is 12.4 Å². The van der Waals surface area contributed by atoms with Crippen LogP contribution in [0, 0.1) is 5.92 Å². The van der Waals surface area contributed by atoms with Gasteiger partial charge in [-0.1, -0.05) is 6.07 Å². The average Bonchev–Trinajstić information content (AvgIpc) is 2.79. The molecule has 7 heteroatoms. The number of hydrogen-bond acceptors (Lipinski definition) is 6. The highest BCUT2D eigenvalue weighted by Gasteiger charge is 2.31. The summed E-state index contributed by atoms with van der Waals surface area (Å²) in [6, 6.07) is 7.88. The van der Waals surface area contributed by atoms with Crippen LogP contribution in [0.25, 0.3) is 0 Å². The van der Waals surface area contributed by atoms with E-state index in [0.29, 0.717) is 5.91 Å². The number of carbonyl (C=O) groups is 1. The zero-order valence-corrected chi connectivity index (χ0v) is 16.3. The van der Waals surface area contributed by atoms with Crippen LogP contribution in [-0.2, 0) is 11.2 Å². The van der Waals surface area contributed by atoms with Crippen LogP contribution in [0.4, 0.5) is 5.95 Å². The molecule has 0 unspecified atom stereocenters. The number of hydrogen-bond donors (Lipinski definition) is 0. The molecule has 1 amide bonds. The van der Waals surface area contributed by atoms with Crippen molar-refractivity contribution in [3.05, 3.63) is 48.5 Å². The molecule has 0 spiro atoms. The van der Waals surface area contributed by atoms with Gasteiger partial charge >= 0.3 is 0 Å². The van der Waals surface area contributed by atoms with E-state index in [9.17, 15) is 4.79 Å². The molecule has 28 heavy (non-hydrogen) atoms. The van der Waals surface area contributed by atoms with E-state index in [2.05, 4.69) is 35.7 Å². The lowest BCUT2D eigenvalue weighted by Crippen LogP contribution is -2.53. The second-order valence-corrected chi connectivity index (χ2v) is 7.57. The van der Waals surface area contributed by atoms with E-state index in [-0.39, 0.29) is 5.92 Å². The van der Waals surface area contributed by atoms with Gasteiger partial charge in [0.1, 0.15) is 0 Å². The largest absolute Gasteiger partial charge is 0.340 e. The highest BCUT2D eigenvalue weighted by molar-refractivity contribution is 5.79. The van der Waals surface area contributed by atoms with E-state index >= 15 is 0 Å². The van der Waals surface area contributed by atoms with Crippen molar-refractivity contribution in [2.45, 2.75) is 19.3 Å². The summed E-state index contributed by atoms with van der Waals surface area (Å²) < 4.78 is 0. The number of carbonyl (C=O) groups excluding carboxylic acids is 1. The molecule has 2 saturated heterocycles. The van der Waals surface area contributed by atoms with Crippen molar-refractivity contribution in [2.75, 3.05) is 50.7 Å². The lowest BCUT2D eigenvalue weighted by molar-refractivity contribution is -0.137. The molecule has 148 valence electrons. The van der Waals surface area contributed by atoms with Gasteiger partial charge in [0.15, 0.2) is 0 Å². The summed E-state index contributed by atoms with van der Waals surface area (Å²) in [5.74, 6) is 1.09. The van der Waals surface area contributed by atoms with E-state index in [0.717, 1.165) is 76.7 Å². The van der Waals surface area contributed by atoms with Gasteiger partial charge < -0.3 is 9.80 Å². The molecule has 0 aliphatic carbocycles. The van der Waals surface area contributed by atoms with Gasteiger partial charge in [0, 0.05) is 76.5 Å². The van der Waals surface area contributed by atoms with Crippen LogP contribution in [-0.4, -0.2) is 76.5 Å². The Balaban J connectivity index is 1.25. The fraction of sp³-hybridized carbons (Fsp3) is 0.524. The molecule has 0 N–H and O–H groups in total. The van der Waals surface area contributed by atoms with Gasteiger partial charge in [0.25, 0.3) is 0 Å². The topological polar surface area (TPSA) is 65.5 Å². The minimum atomic E-state index is 0.0534. The van der Waals surface area contributed by atoms with E-state index in [1.165, 1.54) is 0 Å². The Kier molecular flexibility index (Phi) is 6.11. The minimum Gasteiger partial charge on any atom is -0.340 e. The van der Waals surface area contributed by atoms with Gasteiger partial charge in [-0.25, -0.2) is 9.97 Å². The van der Waals surface area contributed by atoms with Crippen molar-refractivity contribution in [1.82, 2.24) is 24.8 Å². The molecule has 0 radical (unpaired) electrons. The third kappa shape index (κ3) is 4.65. The molecule has 0 saturated carbocycles. The van der Waals surface area contributed by atoms with Crippen molar-refractivity contribution < 1.29 is 4.79 Å². The first kappa shape index (κ1) is 18.8. The summed E-state index contributed by atoms with van der Waals surface area (Å²) in [4.78, 5) is 32.8. The zero-order chi connectivity index (χ0) is 19.2. The quantitative estimate of drug-likeness (QED) is 0.783. The molecule has 0 bridgehead atoms. The maximum atomic E-state index is 13.0. The van der Waals surface area contributed by atoms with Gasteiger partial charge in [-0.15, -0.1) is 0 Å². The predicted octanol–water partition coefficient (Wildman–Crippen LogP) is 1.47. The van der Waals surface area contributed by atoms with Crippen LogP contribution in [0.2, 0.25) is 0 Å². The summed E-state index contributed by atoms with van der Waals surface area (Å²) in [5.41, 5.74) is 1.13. The molecule has 4 heterocycles. The van der Waals surface area contributed by atoms with E-state index < -0.39 is 0 Å². The van der Waals surface area contributed by atoms with Gasteiger partial charge in [-0.05, 0) is 31.0 Å². The summed E-state index contributed by atoms with van der Waals surface area (Å²) in [7, 11) is 0. The van der Waals surface area contributed by atoms with Crippen LogP contribution in [0.15, 0.2) is 42.9 Å². The van der Waals surface area contributed by atoms with Crippen LogP contribution in [0.5, 0.6) is 0 Å². The maximum Gasteiger partial charge on any atom is 0.227 e. The number of piperazine rings is 1. The zero-order valence-electron chi connectivity index (χ0n) is 16.3. The highest BCUT2D eigenvalue weighted by Crippen LogP contribution is 2.22. The Hall–Kier alpha value is -2.54. The molecule has 2 aromatic rings. The monoisotopic (exact) mass is 380 g/mol. The Morgan fingerprint density at radius 3 is 2.50 bits per heavy atom. The second-order valence-electron chi connectivity index (χ2n) is 7.57. The number of aromatic nitrogens is 3. The molecule has 4 rings (SSSR count). The molecule has 2 fully saturated rings. The summed E-state index contributed by atoms with van der Waals surface area (Å²) >= 11 is 0. The van der Waals surface area contributed by atoms with Crippen LogP contribution in [0.1, 0.15) is 18.5 Å². The lowest BCUT2D eigenvalue weighted by atomic mass is 9.96. The number of piperidine rings is 1. The molecular formula is C21H28N6O. The molecule has 2 aliphatic rings. The van der Waals surface area contributed by atoms with E-state index in [4.69, 9.17) is 0 Å². The number of anilines is 1. The Labute approximate surface area is 166 Å². The summed E-state index contributed by atoms with van der Waals surface area (Å²) in [6.07, 6.45) is 8.31. The highest BCUT2D eigenvalue weighted by atomic mass is 16.2. The summed E-state index contributed by atoms with van der Waals surface area (Å²) in [6.45, 7) is 6.17. The maximum absolute atomic E-state index is 13.0. The molecule has 1 atom stereocenters. The van der Waals surface area contributed by atoms with Gasteiger partial charge in [0.2, 0.25) is 11.9 Å². The minimum absolute atomic E-state index is 0.0534. The predicted molar refractivity (Wildman–Crippen MR) is 108 cm³/mol. The number of amides is 1. The molecular weight excluding hydrogens is 352 g/mol. The Bertz CT molecular complexity index is 748. The fourth-order valence-corrected chi connectivity index (χ4v) is 4.08. The SMILES string of the molecule is O=C([C@@H]1CCCN(c2ncccn2)C1)N1CCN(CCc2ccccn2)CC1. The van der Waals surface area contributed by atoms with Crippen molar-refractivity contribution >= 4 is 11.9 Å². The number of nitrogens with zero attached hydrogens (tertiary/aromatic N) is 6. The van der Waals surface area contributed by atoms with Crippen LogP contribution < -0.4 is 4.90 Å². The first-order chi connectivity index (χ1) is 13.8. The van der Waals surface area contributed by atoms with Gasteiger partial charge in [-0.2, -0.15) is 0 Å². The van der Waals surface area contributed by atoms with Crippen molar-refractivity contribution in [1.29, 1.82) is 0 Å². The first-order valence-corrected chi connectivity index (χ1v) is 10.2.